The summed E-state index contributed by atoms with van der Waals surface area (Å²) in [4.78, 5) is 9.87. The fourth-order valence-electron chi connectivity index (χ4n) is 4.46. The molecule has 1 fully saturated rings. The number of likely N-dealkylation sites (N-methyl/N-ethyl adjacent to an activating group) is 1. The molecule has 4 aromatic rings. The zero-order valence-corrected chi connectivity index (χ0v) is 18.9. The average Bonchev–Trinajstić information content (AvgIpc) is 2.78. The molecule has 158 valence electrons. The summed E-state index contributed by atoms with van der Waals surface area (Å²) in [6, 6.07) is 19.8. The molecule has 1 aliphatic rings. The van der Waals surface area contributed by atoms with Crippen LogP contribution >= 0.6 is 0 Å². The third-order valence-electron chi connectivity index (χ3n) is 6.63. The van der Waals surface area contributed by atoms with Gasteiger partial charge in [-0.15, -0.1) is 0 Å². The maximum absolute atomic E-state index is 5.01. The van der Waals surface area contributed by atoms with Crippen LogP contribution in [0.4, 0.5) is 17.1 Å². The van der Waals surface area contributed by atoms with Crippen LogP contribution < -0.4 is 10.2 Å². The number of piperazine rings is 1. The molecular weight excluding hydrogens is 380 g/mol. The van der Waals surface area contributed by atoms with Crippen molar-refractivity contribution < 1.29 is 0 Å². The molecule has 1 aliphatic heterocycles. The first kappa shape index (κ1) is 19.8. The van der Waals surface area contributed by atoms with E-state index in [9.17, 15) is 0 Å². The summed E-state index contributed by atoms with van der Waals surface area (Å²) < 4.78 is 0. The maximum Gasteiger partial charge on any atom is 0.0762 e. The van der Waals surface area contributed by atoms with Crippen LogP contribution in [0.5, 0.6) is 0 Å². The number of pyridine rings is 1. The van der Waals surface area contributed by atoms with Gasteiger partial charge in [-0.1, -0.05) is 23.8 Å². The van der Waals surface area contributed by atoms with Crippen molar-refractivity contribution in [1.82, 2.24) is 9.88 Å². The Morgan fingerprint density at radius 1 is 0.806 bits per heavy atom. The Morgan fingerprint density at radius 3 is 2.29 bits per heavy atom. The molecule has 0 saturated carbocycles. The van der Waals surface area contributed by atoms with Crippen molar-refractivity contribution in [3.63, 3.8) is 0 Å². The van der Waals surface area contributed by atoms with E-state index in [1.165, 1.54) is 33.2 Å². The average molecular weight is 411 g/mol. The van der Waals surface area contributed by atoms with Gasteiger partial charge in [-0.3, -0.25) is 0 Å². The molecule has 0 spiro atoms. The number of benzene rings is 3. The Morgan fingerprint density at radius 2 is 1.55 bits per heavy atom. The number of aromatic nitrogens is 1. The highest BCUT2D eigenvalue weighted by Gasteiger charge is 2.15. The third-order valence-corrected chi connectivity index (χ3v) is 6.63. The van der Waals surface area contributed by atoms with Crippen molar-refractivity contribution in [1.29, 1.82) is 0 Å². The van der Waals surface area contributed by atoms with Crippen LogP contribution in [-0.2, 0) is 0 Å². The molecule has 4 heteroatoms. The van der Waals surface area contributed by atoms with E-state index in [0.29, 0.717) is 0 Å². The van der Waals surface area contributed by atoms with Crippen molar-refractivity contribution in [3.05, 3.63) is 71.3 Å². The predicted molar refractivity (Wildman–Crippen MR) is 133 cm³/mol. The lowest BCUT2D eigenvalue weighted by Gasteiger charge is -2.34. The van der Waals surface area contributed by atoms with Crippen LogP contribution in [0.3, 0.4) is 0 Å². The number of anilines is 3. The van der Waals surface area contributed by atoms with Gasteiger partial charge in [0.15, 0.2) is 0 Å². The monoisotopic (exact) mass is 410 g/mol. The molecule has 0 atom stereocenters. The second-order valence-corrected chi connectivity index (χ2v) is 8.87. The number of hydrogen-bond donors (Lipinski definition) is 1. The van der Waals surface area contributed by atoms with Crippen molar-refractivity contribution in [2.75, 3.05) is 43.4 Å². The Kier molecular flexibility index (Phi) is 5.03. The lowest BCUT2D eigenvalue weighted by Crippen LogP contribution is -2.44. The highest BCUT2D eigenvalue weighted by Crippen LogP contribution is 2.36. The van der Waals surface area contributed by atoms with Crippen LogP contribution in [0.25, 0.3) is 21.8 Å². The molecule has 0 aliphatic carbocycles. The second kappa shape index (κ2) is 7.86. The van der Waals surface area contributed by atoms with Gasteiger partial charge < -0.3 is 15.1 Å². The van der Waals surface area contributed by atoms with Crippen molar-refractivity contribution in [3.8, 4) is 0 Å². The van der Waals surface area contributed by atoms with Crippen LogP contribution in [0, 0.1) is 20.8 Å². The molecule has 0 unspecified atom stereocenters. The first-order valence-electron chi connectivity index (χ1n) is 11.1. The van der Waals surface area contributed by atoms with Crippen molar-refractivity contribution in [2.45, 2.75) is 20.8 Å². The summed E-state index contributed by atoms with van der Waals surface area (Å²) in [5.41, 5.74) is 9.40. The van der Waals surface area contributed by atoms with Gasteiger partial charge in [-0.25, -0.2) is 4.98 Å². The van der Waals surface area contributed by atoms with Gasteiger partial charge in [-0.05, 0) is 75.3 Å². The Labute approximate surface area is 184 Å². The van der Waals surface area contributed by atoms with Gasteiger partial charge in [0.1, 0.15) is 0 Å². The molecular formula is C27H30N4. The standard InChI is InChI=1S/C27H30N4/c1-18-5-12-25-24(17-18)27(23-11-6-19(2)20(3)26(23)29-25)28-21-7-9-22(10-8-21)31-15-13-30(4)14-16-31/h5-12,17H,13-16H2,1-4H3,(H,28,29). The van der Waals surface area contributed by atoms with Gasteiger partial charge in [0, 0.05) is 48.3 Å². The summed E-state index contributed by atoms with van der Waals surface area (Å²) >= 11 is 0. The molecule has 1 N–H and O–H groups in total. The highest BCUT2D eigenvalue weighted by molar-refractivity contribution is 6.09. The number of nitrogens with zero attached hydrogens (tertiary/aromatic N) is 3. The van der Waals surface area contributed by atoms with Crippen molar-refractivity contribution in [2.24, 2.45) is 0 Å². The van der Waals surface area contributed by atoms with E-state index in [2.05, 4.69) is 97.5 Å². The molecule has 0 bridgehead atoms. The lowest BCUT2D eigenvalue weighted by molar-refractivity contribution is 0.313. The molecule has 4 nitrogen and oxygen atoms in total. The summed E-state index contributed by atoms with van der Waals surface area (Å²) in [6.07, 6.45) is 0. The van der Waals surface area contributed by atoms with Gasteiger partial charge in [0.05, 0.1) is 16.7 Å². The number of rotatable bonds is 3. The van der Waals surface area contributed by atoms with E-state index in [4.69, 9.17) is 4.98 Å². The molecule has 0 radical (unpaired) electrons. The topological polar surface area (TPSA) is 31.4 Å². The normalized spacial score (nSPS) is 15.0. The number of aryl methyl sites for hydroxylation is 3. The summed E-state index contributed by atoms with van der Waals surface area (Å²) in [7, 11) is 2.19. The molecule has 31 heavy (non-hydrogen) atoms. The Balaban J connectivity index is 1.56. The predicted octanol–water partition coefficient (Wildman–Crippen LogP) is 5.81. The van der Waals surface area contributed by atoms with Crippen LogP contribution in [0.2, 0.25) is 0 Å². The lowest BCUT2D eigenvalue weighted by atomic mass is 10.0. The van der Waals surface area contributed by atoms with Crippen molar-refractivity contribution >= 4 is 38.9 Å². The van der Waals surface area contributed by atoms with Gasteiger partial charge in [-0.2, -0.15) is 0 Å². The van der Waals surface area contributed by atoms with E-state index in [0.717, 1.165) is 48.6 Å². The second-order valence-electron chi connectivity index (χ2n) is 8.87. The minimum absolute atomic E-state index is 1.03. The number of nitrogens with one attached hydrogen (secondary N) is 1. The first-order valence-corrected chi connectivity index (χ1v) is 11.1. The van der Waals surface area contributed by atoms with Crippen LogP contribution in [-0.4, -0.2) is 43.1 Å². The molecule has 2 heterocycles. The number of fused-ring (bicyclic) bond motifs is 2. The Hall–Kier alpha value is -3.11. The zero-order chi connectivity index (χ0) is 21.5. The fourth-order valence-corrected chi connectivity index (χ4v) is 4.46. The van der Waals surface area contributed by atoms with Gasteiger partial charge in [0.2, 0.25) is 0 Å². The van der Waals surface area contributed by atoms with Crippen LogP contribution in [0.1, 0.15) is 16.7 Å². The largest absolute Gasteiger partial charge is 0.369 e. The number of hydrogen-bond acceptors (Lipinski definition) is 4. The van der Waals surface area contributed by atoms with E-state index in [1.54, 1.807) is 0 Å². The summed E-state index contributed by atoms with van der Waals surface area (Å²) in [5.74, 6) is 0. The smallest absolute Gasteiger partial charge is 0.0762 e. The molecule has 3 aromatic carbocycles. The van der Waals surface area contributed by atoms with E-state index >= 15 is 0 Å². The Bertz CT molecular complexity index is 1250. The minimum Gasteiger partial charge on any atom is -0.369 e. The van der Waals surface area contributed by atoms with E-state index in [-0.39, 0.29) is 0 Å². The molecule has 1 aromatic heterocycles. The molecule has 1 saturated heterocycles. The maximum atomic E-state index is 5.01. The third kappa shape index (κ3) is 3.72. The van der Waals surface area contributed by atoms with Gasteiger partial charge >= 0.3 is 0 Å². The summed E-state index contributed by atoms with van der Waals surface area (Å²) in [5, 5.41) is 6.07. The van der Waals surface area contributed by atoms with E-state index in [1.807, 2.05) is 0 Å². The van der Waals surface area contributed by atoms with E-state index < -0.39 is 0 Å². The summed E-state index contributed by atoms with van der Waals surface area (Å²) in [6.45, 7) is 10.9. The minimum atomic E-state index is 1.03. The molecule has 0 amide bonds. The highest BCUT2D eigenvalue weighted by atomic mass is 15.2. The van der Waals surface area contributed by atoms with Gasteiger partial charge in [0.25, 0.3) is 0 Å². The first-order chi connectivity index (χ1) is 15.0. The molecule has 5 rings (SSSR count). The van der Waals surface area contributed by atoms with Crippen LogP contribution in [0.15, 0.2) is 54.6 Å². The fraction of sp³-hybridized carbons (Fsp3) is 0.296. The SMILES string of the molecule is Cc1ccc2nc3c(C)c(C)ccc3c(Nc3ccc(N4CCN(C)CC4)cc3)c2c1. The zero-order valence-electron chi connectivity index (χ0n) is 18.9. The quantitative estimate of drug-likeness (QED) is 0.432.